The van der Waals surface area contributed by atoms with Crippen LogP contribution >= 0.6 is 0 Å². The fourth-order valence-corrected chi connectivity index (χ4v) is 4.33. The molecule has 0 spiro atoms. The van der Waals surface area contributed by atoms with Gasteiger partial charge in [0.05, 0.1) is 18.0 Å². The van der Waals surface area contributed by atoms with Crippen LogP contribution in [0.3, 0.4) is 0 Å². The SMILES string of the molecule is CC(C)(C)OC(=O)NC(N)=NCC1(c2nnc([C@@H]3CC[C@@H]4CN3C(=O)N4OS(=O)(=O)O)o2)CC1. The second-order valence-corrected chi connectivity index (χ2v) is 10.6. The number of aromatic nitrogens is 2. The molecule has 2 saturated heterocycles. The maximum Gasteiger partial charge on any atom is 0.418 e. The van der Waals surface area contributed by atoms with E-state index in [-0.39, 0.29) is 24.9 Å². The fraction of sp³-hybridized carbons (Fsp3) is 0.722. The molecule has 188 valence electrons. The van der Waals surface area contributed by atoms with Crippen molar-refractivity contribution in [3.8, 4) is 0 Å². The van der Waals surface area contributed by atoms with Gasteiger partial charge in [-0.05, 0) is 46.5 Å². The highest BCUT2D eigenvalue weighted by Crippen LogP contribution is 2.48. The quantitative estimate of drug-likeness (QED) is 0.280. The topological polar surface area (TPSA) is 203 Å². The number of carbonyl (C=O) groups is 2. The third-order valence-electron chi connectivity index (χ3n) is 5.71. The summed E-state index contributed by atoms with van der Waals surface area (Å²) in [5.74, 6) is 0.460. The van der Waals surface area contributed by atoms with Gasteiger partial charge in [0.15, 0.2) is 5.96 Å². The van der Waals surface area contributed by atoms with Crippen molar-refractivity contribution in [2.75, 3.05) is 13.1 Å². The van der Waals surface area contributed by atoms with E-state index in [9.17, 15) is 18.0 Å². The van der Waals surface area contributed by atoms with Crippen LogP contribution in [-0.4, -0.2) is 75.9 Å². The van der Waals surface area contributed by atoms with Crippen molar-refractivity contribution in [1.29, 1.82) is 0 Å². The Labute approximate surface area is 195 Å². The van der Waals surface area contributed by atoms with Gasteiger partial charge in [-0.15, -0.1) is 14.5 Å². The van der Waals surface area contributed by atoms with Crippen molar-refractivity contribution in [2.45, 2.75) is 69.6 Å². The van der Waals surface area contributed by atoms with Crippen molar-refractivity contribution in [1.82, 2.24) is 25.5 Å². The second kappa shape index (κ2) is 8.35. The number of nitrogens with zero attached hydrogens (tertiary/aromatic N) is 5. The lowest BCUT2D eigenvalue weighted by Gasteiger charge is -2.27. The zero-order valence-electron chi connectivity index (χ0n) is 18.9. The van der Waals surface area contributed by atoms with Gasteiger partial charge in [0, 0.05) is 6.54 Å². The summed E-state index contributed by atoms with van der Waals surface area (Å²) in [6.07, 6.45) is 1.60. The van der Waals surface area contributed by atoms with Gasteiger partial charge in [0.2, 0.25) is 11.8 Å². The van der Waals surface area contributed by atoms with E-state index in [2.05, 4.69) is 24.8 Å². The molecule has 3 aliphatic rings. The molecule has 4 N–H and O–H groups in total. The van der Waals surface area contributed by atoms with Gasteiger partial charge in [0.25, 0.3) is 0 Å². The molecule has 16 heteroatoms. The van der Waals surface area contributed by atoms with E-state index >= 15 is 0 Å². The molecular formula is C18H27N7O8S. The van der Waals surface area contributed by atoms with Crippen LogP contribution in [0.15, 0.2) is 9.41 Å². The number of hydroxylamine groups is 2. The van der Waals surface area contributed by atoms with Gasteiger partial charge in [-0.3, -0.25) is 14.9 Å². The first-order chi connectivity index (χ1) is 15.8. The number of fused-ring (bicyclic) bond motifs is 2. The summed E-state index contributed by atoms with van der Waals surface area (Å²) in [6, 6.07) is -1.78. The summed E-state index contributed by atoms with van der Waals surface area (Å²) in [5.41, 5.74) is 4.60. The third-order valence-corrected chi connectivity index (χ3v) is 6.06. The first kappa shape index (κ1) is 24.2. The molecule has 2 aliphatic heterocycles. The first-order valence-electron chi connectivity index (χ1n) is 10.7. The largest absolute Gasteiger partial charge is 0.444 e. The predicted octanol–water partition coefficient (Wildman–Crippen LogP) is 0.616. The molecule has 15 nitrogen and oxygen atoms in total. The number of piperidine rings is 1. The van der Waals surface area contributed by atoms with Gasteiger partial charge in [-0.25, -0.2) is 9.59 Å². The minimum atomic E-state index is -4.83. The molecule has 1 aliphatic carbocycles. The number of alkyl carbamates (subject to hydrolysis) is 1. The van der Waals surface area contributed by atoms with Crippen LogP contribution in [0, 0.1) is 0 Å². The number of nitrogens with one attached hydrogen (secondary N) is 1. The number of carbonyl (C=O) groups excluding carboxylic acids is 2. The highest BCUT2D eigenvalue weighted by molar-refractivity contribution is 7.80. The number of rotatable bonds is 6. The molecule has 3 fully saturated rings. The van der Waals surface area contributed by atoms with Gasteiger partial charge in [0.1, 0.15) is 11.6 Å². The number of ether oxygens (including phenoxy) is 1. The third kappa shape index (κ3) is 5.23. The number of amides is 3. The second-order valence-electron chi connectivity index (χ2n) is 9.56. The zero-order valence-corrected chi connectivity index (χ0v) is 19.7. The minimum Gasteiger partial charge on any atom is -0.444 e. The fourth-order valence-electron chi connectivity index (χ4n) is 3.95. The van der Waals surface area contributed by atoms with Crippen LogP contribution in [0.25, 0.3) is 0 Å². The lowest BCUT2D eigenvalue weighted by Crippen LogP contribution is -2.41. The van der Waals surface area contributed by atoms with Crippen molar-refractivity contribution in [3.05, 3.63) is 11.8 Å². The molecule has 3 heterocycles. The van der Waals surface area contributed by atoms with Crippen LogP contribution in [0.4, 0.5) is 9.59 Å². The average Bonchev–Trinajstić information content (AvgIpc) is 3.27. The minimum absolute atomic E-state index is 0.0971. The first-order valence-corrected chi connectivity index (χ1v) is 12.0. The summed E-state index contributed by atoms with van der Waals surface area (Å²) in [7, 11) is -4.83. The Kier molecular flexibility index (Phi) is 5.93. The van der Waals surface area contributed by atoms with E-state index in [1.54, 1.807) is 20.8 Å². The maximum atomic E-state index is 12.6. The highest BCUT2D eigenvalue weighted by atomic mass is 32.3. The molecule has 1 aromatic rings. The Morgan fingerprint density at radius 2 is 2.06 bits per heavy atom. The summed E-state index contributed by atoms with van der Waals surface area (Å²) >= 11 is 0. The zero-order chi connectivity index (χ0) is 24.9. The molecule has 3 amide bonds. The van der Waals surface area contributed by atoms with Crippen molar-refractivity contribution in [3.63, 3.8) is 0 Å². The molecule has 1 saturated carbocycles. The van der Waals surface area contributed by atoms with Crippen LogP contribution in [0.5, 0.6) is 0 Å². The summed E-state index contributed by atoms with van der Waals surface area (Å²) < 4.78 is 46.5. The lowest BCUT2D eigenvalue weighted by molar-refractivity contribution is -0.0317. The summed E-state index contributed by atoms with van der Waals surface area (Å²) in [5, 5.41) is 11.3. The Bertz CT molecular complexity index is 1110. The predicted molar refractivity (Wildman–Crippen MR) is 113 cm³/mol. The Hall–Kier alpha value is -2.98. The molecule has 0 radical (unpaired) electrons. The Balaban J connectivity index is 1.41. The lowest BCUT2D eigenvalue weighted by atomic mass is 10.0. The summed E-state index contributed by atoms with van der Waals surface area (Å²) in [4.78, 5) is 30.0. The smallest absolute Gasteiger partial charge is 0.418 e. The van der Waals surface area contributed by atoms with Crippen LogP contribution < -0.4 is 11.1 Å². The monoisotopic (exact) mass is 501 g/mol. The van der Waals surface area contributed by atoms with Gasteiger partial charge >= 0.3 is 22.5 Å². The molecular weight excluding hydrogens is 474 g/mol. The maximum absolute atomic E-state index is 12.6. The van der Waals surface area contributed by atoms with E-state index in [0.29, 0.717) is 23.8 Å². The van der Waals surface area contributed by atoms with Crippen LogP contribution in [0.2, 0.25) is 0 Å². The Morgan fingerprint density at radius 3 is 2.68 bits per heavy atom. The van der Waals surface area contributed by atoms with Crippen LogP contribution in [0.1, 0.15) is 64.3 Å². The molecule has 4 rings (SSSR count). The molecule has 2 bridgehead atoms. The van der Waals surface area contributed by atoms with E-state index in [1.165, 1.54) is 4.90 Å². The number of hydrogen-bond donors (Lipinski definition) is 3. The number of nitrogens with two attached hydrogens (primary N) is 1. The summed E-state index contributed by atoms with van der Waals surface area (Å²) in [6.45, 7) is 5.59. The number of guanidine groups is 1. The molecule has 34 heavy (non-hydrogen) atoms. The Morgan fingerprint density at radius 1 is 1.35 bits per heavy atom. The van der Waals surface area contributed by atoms with Crippen molar-refractivity contribution >= 4 is 28.5 Å². The average molecular weight is 502 g/mol. The number of hydrogen-bond acceptors (Lipinski definition) is 10. The van der Waals surface area contributed by atoms with Gasteiger partial charge in [-0.2, -0.15) is 13.5 Å². The number of aliphatic imine (C=N–C) groups is 1. The van der Waals surface area contributed by atoms with Crippen molar-refractivity contribution in [2.24, 2.45) is 10.7 Å². The van der Waals surface area contributed by atoms with E-state index in [0.717, 1.165) is 12.8 Å². The van der Waals surface area contributed by atoms with E-state index in [4.69, 9.17) is 19.4 Å². The number of urea groups is 1. The van der Waals surface area contributed by atoms with E-state index in [1.807, 2.05) is 0 Å². The standard InChI is InChI=1S/C18H27N7O8S/c1-17(2,3)32-15(26)21-14(19)20-9-18(6-7-18)13-23-22-12(31-13)11-5-4-10-8-24(11)16(27)25(10)33-34(28,29)30/h10-11H,4-9H2,1-3H3,(H,28,29,30)(H3,19,20,21,26)/t10-,11+/m1/s1. The molecule has 0 unspecified atom stereocenters. The van der Waals surface area contributed by atoms with Gasteiger partial charge in [-0.1, -0.05) is 0 Å². The highest BCUT2D eigenvalue weighted by Gasteiger charge is 2.52. The van der Waals surface area contributed by atoms with E-state index < -0.39 is 45.6 Å². The van der Waals surface area contributed by atoms with Crippen molar-refractivity contribution < 1.29 is 36.0 Å². The molecule has 1 aromatic heterocycles. The normalized spacial score (nSPS) is 24.4. The van der Waals surface area contributed by atoms with Crippen LogP contribution in [-0.2, 0) is 24.8 Å². The molecule has 0 aromatic carbocycles. The molecule has 2 atom stereocenters. The van der Waals surface area contributed by atoms with Gasteiger partial charge < -0.3 is 19.8 Å².